The molecule has 1 heterocycles. The second-order valence-corrected chi connectivity index (χ2v) is 7.21. The van der Waals surface area contributed by atoms with Crippen LogP contribution in [0.3, 0.4) is 0 Å². The van der Waals surface area contributed by atoms with E-state index in [9.17, 15) is 4.79 Å². The number of aliphatic imine (C=N–C) groups is 1. The van der Waals surface area contributed by atoms with Crippen LogP contribution >= 0.6 is 0 Å². The largest absolute Gasteiger partial charge is 0.497 e. The molecule has 0 aliphatic carbocycles. The number of nitrogens with one attached hydrogen (secondary N) is 1. The first-order chi connectivity index (χ1) is 14.7. The molecule has 7 heteroatoms. The van der Waals surface area contributed by atoms with Gasteiger partial charge >= 0.3 is 0 Å². The van der Waals surface area contributed by atoms with Gasteiger partial charge in [0.2, 0.25) is 0 Å². The van der Waals surface area contributed by atoms with Gasteiger partial charge in [-0.15, -0.1) is 0 Å². The van der Waals surface area contributed by atoms with E-state index in [4.69, 9.17) is 16.2 Å². The first-order valence-corrected chi connectivity index (χ1v) is 10.0. The van der Waals surface area contributed by atoms with Gasteiger partial charge in [-0.05, 0) is 51.5 Å². The summed E-state index contributed by atoms with van der Waals surface area (Å²) < 4.78 is 6.76. The number of pyridine rings is 1. The monoisotopic (exact) mass is 425 g/mol. The molecule has 1 aromatic heterocycles. The van der Waals surface area contributed by atoms with Gasteiger partial charge in [0.15, 0.2) is 0 Å². The molecule has 1 rings (SSSR count). The highest BCUT2D eigenvalue weighted by molar-refractivity contribution is 6.12. The zero-order valence-electron chi connectivity index (χ0n) is 19.6. The number of aryl methyl sites for hydroxylation is 1. The highest BCUT2D eigenvalue weighted by Gasteiger charge is 2.13. The van der Waals surface area contributed by atoms with Crippen molar-refractivity contribution in [2.24, 2.45) is 23.5 Å². The molecule has 31 heavy (non-hydrogen) atoms. The van der Waals surface area contributed by atoms with E-state index >= 15 is 0 Å². The van der Waals surface area contributed by atoms with E-state index in [0.717, 1.165) is 28.2 Å². The third-order valence-electron chi connectivity index (χ3n) is 4.68. The molecule has 7 nitrogen and oxygen atoms in total. The third-order valence-corrected chi connectivity index (χ3v) is 4.68. The lowest BCUT2D eigenvalue weighted by Gasteiger charge is -2.13. The molecule has 0 unspecified atom stereocenters. The lowest BCUT2D eigenvalue weighted by atomic mass is 10.0. The van der Waals surface area contributed by atoms with E-state index in [-0.39, 0.29) is 5.56 Å². The molecule has 0 saturated carbocycles. The van der Waals surface area contributed by atoms with Gasteiger partial charge in [0.25, 0.3) is 5.56 Å². The van der Waals surface area contributed by atoms with Crippen LogP contribution in [0.1, 0.15) is 38.8 Å². The summed E-state index contributed by atoms with van der Waals surface area (Å²) in [6.45, 7) is 8.21. The maximum Gasteiger partial charge on any atom is 0.259 e. The number of methoxy groups -OCH3 is 1. The Morgan fingerprint density at radius 1 is 1.26 bits per heavy atom. The smallest absolute Gasteiger partial charge is 0.259 e. The second-order valence-electron chi connectivity index (χ2n) is 7.21. The van der Waals surface area contributed by atoms with Gasteiger partial charge in [0.1, 0.15) is 5.76 Å². The number of hydrogen-bond acceptors (Lipinski definition) is 6. The van der Waals surface area contributed by atoms with E-state index in [1.807, 2.05) is 52.0 Å². The van der Waals surface area contributed by atoms with Crippen molar-refractivity contribution in [1.82, 2.24) is 9.88 Å². The molecule has 5 N–H and O–H groups in total. The number of nitrogens with two attached hydrogens (primary N) is 2. The number of ether oxygens (including phenoxy) is 1. The van der Waals surface area contributed by atoms with Crippen molar-refractivity contribution < 1.29 is 4.74 Å². The van der Waals surface area contributed by atoms with E-state index in [0.29, 0.717) is 23.5 Å². The summed E-state index contributed by atoms with van der Waals surface area (Å²) in [6, 6.07) is 1.75. The Morgan fingerprint density at radius 3 is 2.48 bits per heavy atom. The third kappa shape index (κ3) is 7.37. The molecule has 0 aliphatic heterocycles. The molecule has 0 spiro atoms. The van der Waals surface area contributed by atoms with Gasteiger partial charge in [-0.1, -0.05) is 17.7 Å². The lowest BCUT2D eigenvalue weighted by molar-refractivity contribution is 0.307. The molecule has 0 aromatic carbocycles. The van der Waals surface area contributed by atoms with Gasteiger partial charge < -0.3 is 26.1 Å². The molecule has 1 aromatic rings. The van der Waals surface area contributed by atoms with Crippen LogP contribution in [-0.2, 0) is 11.8 Å². The minimum absolute atomic E-state index is 0.188. The molecule has 0 saturated heterocycles. The molecular formula is C24H35N5O2. The highest BCUT2D eigenvalue weighted by atomic mass is 16.5. The highest BCUT2D eigenvalue weighted by Crippen LogP contribution is 2.13. The van der Waals surface area contributed by atoms with Crippen molar-refractivity contribution in [1.29, 1.82) is 0 Å². The summed E-state index contributed by atoms with van der Waals surface area (Å²) in [5.41, 5.74) is 16.8. The van der Waals surface area contributed by atoms with E-state index in [1.165, 1.54) is 4.57 Å². The fourth-order valence-electron chi connectivity index (χ4n) is 2.79. The SMILES string of the molecule is C\C=C/C(=C\C=C(/C)CN/C=C(\N)c1cc(C(=N/C)/C(C)=C(\C)N)cn(C)c1=O)OC. The van der Waals surface area contributed by atoms with Crippen molar-refractivity contribution in [3.63, 3.8) is 0 Å². The number of nitrogens with zero attached hydrogens (tertiary/aromatic N) is 2. The van der Waals surface area contributed by atoms with Gasteiger partial charge in [0.05, 0.1) is 24.1 Å². The van der Waals surface area contributed by atoms with Gasteiger partial charge in [-0.2, -0.15) is 0 Å². The van der Waals surface area contributed by atoms with Crippen LogP contribution in [0, 0.1) is 0 Å². The zero-order valence-corrected chi connectivity index (χ0v) is 19.6. The lowest BCUT2D eigenvalue weighted by Crippen LogP contribution is -2.25. The molecule has 168 valence electrons. The van der Waals surface area contributed by atoms with Crippen molar-refractivity contribution in [3.05, 3.63) is 86.9 Å². The predicted molar refractivity (Wildman–Crippen MR) is 131 cm³/mol. The average Bonchev–Trinajstić information content (AvgIpc) is 2.73. The maximum absolute atomic E-state index is 12.6. The van der Waals surface area contributed by atoms with Gasteiger partial charge in [-0.3, -0.25) is 9.79 Å². The number of rotatable bonds is 9. The summed E-state index contributed by atoms with van der Waals surface area (Å²) in [6.07, 6.45) is 11.0. The molecule has 0 radical (unpaired) electrons. The second kappa shape index (κ2) is 12.3. The standard InChI is InChI=1S/C24H35N5O2/c1-8-9-20(31-7)11-10-16(2)13-28-14-22(26)21-12-19(15-29(6)24(21)30)23(27-5)17(3)18(4)25/h8-12,14-15,28H,13,25-26H2,1-7H3/b9-8-,16-10+,18-17+,20-11+,22-14-,27-23+. The molecule has 0 amide bonds. The Labute approximate surface area is 185 Å². The predicted octanol–water partition coefficient (Wildman–Crippen LogP) is 2.96. The number of aromatic nitrogens is 1. The van der Waals surface area contributed by atoms with E-state index in [2.05, 4.69) is 10.3 Å². The van der Waals surface area contributed by atoms with Crippen LogP contribution in [0.5, 0.6) is 0 Å². The Hall–Kier alpha value is -3.48. The molecule has 0 aliphatic rings. The van der Waals surface area contributed by atoms with Crippen LogP contribution < -0.4 is 22.3 Å². The normalized spacial score (nSPS) is 14.7. The zero-order chi connectivity index (χ0) is 23.6. The average molecular weight is 426 g/mol. The number of allylic oxidation sites excluding steroid dienone is 6. The summed E-state index contributed by atoms with van der Waals surface area (Å²) in [4.78, 5) is 17.0. The minimum Gasteiger partial charge on any atom is -0.497 e. The fraction of sp³-hybridized carbons (Fsp3) is 0.333. The van der Waals surface area contributed by atoms with Gasteiger partial charge in [0, 0.05) is 44.3 Å². The van der Waals surface area contributed by atoms with Crippen LogP contribution in [0.25, 0.3) is 5.70 Å². The van der Waals surface area contributed by atoms with Crippen LogP contribution in [0.15, 0.2) is 75.2 Å². The Morgan fingerprint density at radius 2 is 1.94 bits per heavy atom. The first kappa shape index (κ1) is 25.6. The Balaban J connectivity index is 3.15. The minimum atomic E-state index is -0.188. The summed E-state index contributed by atoms with van der Waals surface area (Å²) in [7, 11) is 5.02. The van der Waals surface area contributed by atoms with Crippen molar-refractivity contribution in [2.75, 3.05) is 20.7 Å². The fourth-order valence-corrected chi connectivity index (χ4v) is 2.79. The summed E-state index contributed by atoms with van der Waals surface area (Å²) in [5.74, 6) is 0.766. The Kier molecular flexibility index (Phi) is 10.1. The van der Waals surface area contributed by atoms with Crippen LogP contribution in [0.2, 0.25) is 0 Å². The summed E-state index contributed by atoms with van der Waals surface area (Å²) in [5, 5.41) is 3.16. The van der Waals surface area contributed by atoms with Crippen molar-refractivity contribution in [2.45, 2.75) is 27.7 Å². The topological polar surface area (TPSA) is 108 Å². The Bertz CT molecular complexity index is 1020. The van der Waals surface area contributed by atoms with Crippen LogP contribution in [-0.4, -0.2) is 31.0 Å². The van der Waals surface area contributed by atoms with Crippen LogP contribution in [0.4, 0.5) is 0 Å². The number of hydrogen-bond donors (Lipinski definition) is 3. The van der Waals surface area contributed by atoms with Crippen molar-refractivity contribution >= 4 is 11.4 Å². The molecule has 0 atom stereocenters. The van der Waals surface area contributed by atoms with E-state index < -0.39 is 0 Å². The molecule has 0 fully saturated rings. The quantitative estimate of drug-likeness (QED) is 0.320. The first-order valence-electron chi connectivity index (χ1n) is 10.0. The maximum atomic E-state index is 12.6. The van der Waals surface area contributed by atoms with Crippen molar-refractivity contribution in [3.8, 4) is 0 Å². The summed E-state index contributed by atoms with van der Waals surface area (Å²) >= 11 is 0. The molecular weight excluding hydrogens is 390 g/mol. The van der Waals surface area contributed by atoms with Gasteiger partial charge in [-0.25, -0.2) is 0 Å². The van der Waals surface area contributed by atoms with E-state index in [1.54, 1.807) is 39.7 Å². The molecule has 0 bridgehead atoms.